The van der Waals surface area contributed by atoms with Gasteiger partial charge in [-0.25, -0.2) is 0 Å². The Kier molecular flexibility index (Phi) is 3.80. The molecule has 108 valence electrons. The number of aryl methyl sites for hydroxylation is 2. The van der Waals surface area contributed by atoms with Gasteiger partial charge < -0.3 is 5.32 Å². The highest BCUT2D eigenvalue weighted by Gasteiger charge is 2.39. The molecule has 20 heavy (non-hydrogen) atoms. The Bertz CT molecular complexity index is 538. The van der Waals surface area contributed by atoms with Crippen LogP contribution >= 0.6 is 11.8 Å². The van der Waals surface area contributed by atoms with E-state index in [0.29, 0.717) is 0 Å². The molecule has 3 heteroatoms. The van der Waals surface area contributed by atoms with Gasteiger partial charge in [-0.15, -0.1) is 0 Å². The number of hydrogen-bond donors (Lipinski definition) is 1. The maximum Gasteiger partial charge on any atom is 0.161 e. The molecule has 1 N–H and O–H groups in total. The van der Waals surface area contributed by atoms with Crippen LogP contribution in [0.2, 0.25) is 0 Å². The Hall–Kier alpha value is -0.960. The van der Waals surface area contributed by atoms with Crippen LogP contribution in [0.1, 0.15) is 43.7 Å². The van der Waals surface area contributed by atoms with Crippen molar-refractivity contribution >= 4 is 22.6 Å². The topological polar surface area (TPSA) is 24.4 Å². The molecule has 1 aliphatic carbocycles. The van der Waals surface area contributed by atoms with Crippen molar-refractivity contribution in [3.8, 4) is 0 Å². The smallest absolute Gasteiger partial charge is 0.161 e. The number of aliphatic imine (C=N–C) groups is 1. The number of rotatable bonds is 1. The lowest BCUT2D eigenvalue weighted by Crippen LogP contribution is -2.33. The SMILES string of the molecule is Cc1ccc(C)c(NC2=NC3(CCCC(C)C3)CS2)c1. The molecule has 1 spiro atoms. The average molecular weight is 288 g/mol. The third kappa shape index (κ3) is 2.88. The highest BCUT2D eigenvalue weighted by Crippen LogP contribution is 2.42. The van der Waals surface area contributed by atoms with Crippen molar-refractivity contribution in [2.45, 2.75) is 52.0 Å². The molecule has 2 aliphatic rings. The summed E-state index contributed by atoms with van der Waals surface area (Å²) in [5.74, 6) is 1.98. The fourth-order valence-corrected chi connectivity index (χ4v) is 4.57. The summed E-state index contributed by atoms with van der Waals surface area (Å²) in [6.07, 6.45) is 5.24. The van der Waals surface area contributed by atoms with Crippen LogP contribution in [0, 0.1) is 19.8 Å². The first-order chi connectivity index (χ1) is 9.56. The van der Waals surface area contributed by atoms with Gasteiger partial charge in [0.05, 0.1) is 5.54 Å². The van der Waals surface area contributed by atoms with E-state index in [1.54, 1.807) is 0 Å². The minimum Gasteiger partial charge on any atom is -0.335 e. The van der Waals surface area contributed by atoms with Gasteiger partial charge in [0, 0.05) is 11.4 Å². The molecule has 0 saturated heterocycles. The summed E-state index contributed by atoms with van der Waals surface area (Å²) in [6, 6.07) is 6.55. The first-order valence-corrected chi connectivity index (χ1v) is 8.62. The van der Waals surface area contributed by atoms with E-state index in [2.05, 4.69) is 44.3 Å². The predicted molar refractivity (Wildman–Crippen MR) is 89.8 cm³/mol. The highest BCUT2D eigenvalue weighted by molar-refractivity contribution is 8.14. The number of anilines is 1. The van der Waals surface area contributed by atoms with E-state index in [1.165, 1.54) is 42.5 Å². The van der Waals surface area contributed by atoms with Gasteiger partial charge in [0.15, 0.2) is 5.17 Å². The molecular weight excluding hydrogens is 264 g/mol. The highest BCUT2D eigenvalue weighted by atomic mass is 32.2. The standard InChI is InChI=1S/C17H24N2S/c1-12-6-7-14(3)15(9-12)18-16-19-17(11-20-16)8-4-5-13(2)10-17/h6-7,9,13H,4-5,8,10-11H2,1-3H3,(H,18,19). The lowest BCUT2D eigenvalue weighted by atomic mass is 9.78. The second-order valence-electron chi connectivity index (χ2n) is 6.57. The van der Waals surface area contributed by atoms with Gasteiger partial charge in [0.1, 0.15) is 0 Å². The summed E-state index contributed by atoms with van der Waals surface area (Å²) >= 11 is 1.90. The van der Waals surface area contributed by atoms with E-state index in [4.69, 9.17) is 4.99 Å². The molecule has 1 aromatic rings. The molecule has 0 radical (unpaired) electrons. The van der Waals surface area contributed by atoms with Crippen LogP contribution < -0.4 is 5.32 Å². The normalized spacial score (nSPS) is 29.6. The second kappa shape index (κ2) is 5.44. The molecule has 2 nitrogen and oxygen atoms in total. The third-order valence-corrected chi connectivity index (χ3v) is 5.67. The molecule has 2 unspecified atom stereocenters. The van der Waals surface area contributed by atoms with Gasteiger partial charge in [-0.2, -0.15) is 0 Å². The molecular formula is C17H24N2S. The Balaban J connectivity index is 1.77. The molecule has 2 atom stereocenters. The number of amidine groups is 1. The largest absolute Gasteiger partial charge is 0.335 e. The summed E-state index contributed by atoms with van der Waals surface area (Å²) in [4.78, 5) is 5.06. The predicted octanol–water partition coefficient (Wildman–Crippen LogP) is 4.77. The van der Waals surface area contributed by atoms with E-state index in [9.17, 15) is 0 Å². The van der Waals surface area contributed by atoms with Crippen LogP contribution in [0.3, 0.4) is 0 Å². The van der Waals surface area contributed by atoms with Crippen molar-refractivity contribution < 1.29 is 0 Å². The number of nitrogens with one attached hydrogen (secondary N) is 1. The minimum absolute atomic E-state index is 0.225. The Morgan fingerprint density at radius 3 is 3.00 bits per heavy atom. The molecule has 0 aromatic heterocycles. The van der Waals surface area contributed by atoms with Crippen molar-refractivity contribution in [1.29, 1.82) is 0 Å². The third-order valence-electron chi connectivity index (χ3n) is 4.52. The average Bonchev–Trinajstić information content (AvgIpc) is 2.76. The quantitative estimate of drug-likeness (QED) is 0.805. The van der Waals surface area contributed by atoms with Crippen molar-refractivity contribution in [3.63, 3.8) is 0 Å². The zero-order valence-corrected chi connectivity index (χ0v) is 13.5. The van der Waals surface area contributed by atoms with Crippen LogP contribution in [-0.4, -0.2) is 16.5 Å². The number of benzene rings is 1. The molecule has 1 heterocycles. The fraction of sp³-hybridized carbons (Fsp3) is 0.588. The Labute approximate surface area is 126 Å². The maximum absolute atomic E-state index is 5.06. The van der Waals surface area contributed by atoms with Gasteiger partial charge in [0.25, 0.3) is 0 Å². The summed E-state index contributed by atoms with van der Waals surface area (Å²) in [5, 5.41) is 4.67. The van der Waals surface area contributed by atoms with Crippen LogP contribution in [0.15, 0.2) is 23.2 Å². The molecule has 1 fully saturated rings. The van der Waals surface area contributed by atoms with E-state index >= 15 is 0 Å². The Morgan fingerprint density at radius 2 is 2.20 bits per heavy atom. The van der Waals surface area contributed by atoms with E-state index in [1.807, 2.05) is 11.8 Å². The van der Waals surface area contributed by atoms with Gasteiger partial charge in [-0.05, 0) is 49.8 Å². The van der Waals surface area contributed by atoms with Crippen LogP contribution in [0.25, 0.3) is 0 Å². The number of hydrogen-bond acceptors (Lipinski definition) is 3. The zero-order chi connectivity index (χ0) is 14.2. The molecule has 0 bridgehead atoms. The maximum atomic E-state index is 5.06. The van der Waals surface area contributed by atoms with E-state index < -0.39 is 0 Å². The van der Waals surface area contributed by atoms with E-state index in [0.717, 1.165) is 16.8 Å². The van der Waals surface area contributed by atoms with Gasteiger partial charge >= 0.3 is 0 Å². The monoisotopic (exact) mass is 288 g/mol. The Morgan fingerprint density at radius 1 is 1.35 bits per heavy atom. The molecule has 1 aliphatic heterocycles. The van der Waals surface area contributed by atoms with Crippen molar-refractivity contribution in [2.24, 2.45) is 10.9 Å². The van der Waals surface area contributed by atoms with Crippen LogP contribution in [-0.2, 0) is 0 Å². The molecule has 3 rings (SSSR count). The van der Waals surface area contributed by atoms with Crippen LogP contribution in [0.4, 0.5) is 5.69 Å². The molecule has 1 aromatic carbocycles. The van der Waals surface area contributed by atoms with E-state index in [-0.39, 0.29) is 5.54 Å². The summed E-state index contributed by atoms with van der Waals surface area (Å²) < 4.78 is 0. The summed E-state index contributed by atoms with van der Waals surface area (Å²) in [7, 11) is 0. The summed E-state index contributed by atoms with van der Waals surface area (Å²) in [6.45, 7) is 6.66. The van der Waals surface area contributed by atoms with Gasteiger partial charge in [-0.3, -0.25) is 4.99 Å². The van der Waals surface area contributed by atoms with Crippen molar-refractivity contribution in [3.05, 3.63) is 29.3 Å². The van der Waals surface area contributed by atoms with Crippen molar-refractivity contribution in [1.82, 2.24) is 0 Å². The first-order valence-electron chi connectivity index (χ1n) is 7.63. The number of thioether (sulfide) groups is 1. The lowest BCUT2D eigenvalue weighted by Gasteiger charge is -2.33. The fourth-order valence-electron chi connectivity index (χ4n) is 3.40. The minimum atomic E-state index is 0.225. The van der Waals surface area contributed by atoms with Crippen LogP contribution in [0.5, 0.6) is 0 Å². The molecule has 0 amide bonds. The van der Waals surface area contributed by atoms with Gasteiger partial charge in [0.2, 0.25) is 0 Å². The van der Waals surface area contributed by atoms with Gasteiger partial charge in [-0.1, -0.05) is 43.7 Å². The zero-order valence-electron chi connectivity index (χ0n) is 12.7. The summed E-state index contributed by atoms with van der Waals surface area (Å²) in [5.41, 5.74) is 4.01. The lowest BCUT2D eigenvalue weighted by molar-refractivity contribution is 0.266. The molecule has 1 saturated carbocycles. The number of nitrogens with zero attached hydrogens (tertiary/aromatic N) is 1. The first kappa shape index (κ1) is 14.0. The second-order valence-corrected chi connectivity index (χ2v) is 7.54. The van der Waals surface area contributed by atoms with Crippen molar-refractivity contribution in [2.75, 3.05) is 11.1 Å².